The van der Waals surface area contributed by atoms with Gasteiger partial charge in [-0.05, 0) is 33.6 Å². The molecule has 1 N–H and O–H groups in total. The monoisotopic (exact) mass is 285 g/mol. The van der Waals surface area contributed by atoms with Gasteiger partial charge in [-0.3, -0.25) is 4.79 Å². The number of amides is 2. The van der Waals surface area contributed by atoms with Crippen molar-refractivity contribution in [3.05, 3.63) is 0 Å². The highest BCUT2D eigenvalue weighted by atomic mass is 16.6. The minimum Gasteiger partial charge on any atom is -0.450 e. The van der Waals surface area contributed by atoms with Crippen LogP contribution in [0, 0.1) is 0 Å². The minimum atomic E-state index is -0.235. The van der Waals surface area contributed by atoms with Crippen molar-refractivity contribution in [1.82, 2.24) is 15.1 Å². The number of piperidine rings is 1. The van der Waals surface area contributed by atoms with Crippen LogP contribution < -0.4 is 5.32 Å². The minimum absolute atomic E-state index is 0.104. The van der Waals surface area contributed by atoms with Crippen molar-refractivity contribution in [2.45, 2.75) is 45.7 Å². The molecule has 0 radical (unpaired) electrons. The number of carbonyl (C=O) groups excluding carboxylic acids is 2. The van der Waals surface area contributed by atoms with Crippen LogP contribution in [0.1, 0.15) is 33.6 Å². The van der Waals surface area contributed by atoms with Crippen LogP contribution in [0.5, 0.6) is 0 Å². The van der Waals surface area contributed by atoms with E-state index in [9.17, 15) is 9.59 Å². The average Bonchev–Trinajstić information content (AvgIpc) is 2.44. The van der Waals surface area contributed by atoms with Crippen molar-refractivity contribution >= 4 is 12.0 Å². The highest BCUT2D eigenvalue weighted by molar-refractivity contribution is 5.78. The van der Waals surface area contributed by atoms with Gasteiger partial charge < -0.3 is 19.9 Å². The molecule has 0 atom stereocenters. The maximum absolute atomic E-state index is 11.9. The van der Waals surface area contributed by atoms with Gasteiger partial charge in [0.25, 0.3) is 0 Å². The third-order valence-corrected chi connectivity index (χ3v) is 3.73. The second kappa shape index (κ2) is 8.09. The highest BCUT2D eigenvalue weighted by Gasteiger charge is 2.24. The molecular formula is C14H27N3O3. The quantitative estimate of drug-likeness (QED) is 0.820. The summed E-state index contributed by atoms with van der Waals surface area (Å²) in [4.78, 5) is 26.9. The zero-order valence-corrected chi connectivity index (χ0v) is 13.0. The van der Waals surface area contributed by atoms with E-state index in [4.69, 9.17) is 4.74 Å². The van der Waals surface area contributed by atoms with E-state index in [-0.39, 0.29) is 18.0 Å². The summed E-state index contributed by atoms with van der Waals surface area (Å²) in [6, 6.07) is 0.514. The van der Waals surface area contributed by atoms with E-state index in [2.05, 4.69) is 5.32 Å². The lowest BCUT2D eigenvalue weighted by atomic mass is 10.1. The van der Waals surface area contributed by atoms with Gasteiger partial charge >= 0.3 is 6.09 Å². The standard InChI is InChI=1S/C14H27N3O3/c1-5-20-14(19)17-8-6-12(7-9-17)15-10-13(18)16(4)11(2)3/h11-12,15H,5-10H2,1-4H3. The van der Waals surface area contributed by atoms with Gasteiger partial charge in [0, 0.05) is 32.2 Å². The summed E-state index contributed by atoms with van der Waals surface area (Å²) in [6.07, 6.45) is 1.48. The Morgan fingerprint density at radius 1 is 1.35 bits per heavy atom. The molecule has 1 aliphatic heterocycles. The number of hydrogen-bond acceptors (Lipinski definition) is 4. The van der Waals surface area contributed by atoms with Crippen LogP contribution in [-0.2, 0) is 9.53 Å². The fraction of sp³-hybridized carbons (Fsp3) is 0.857. The van der Waals surface area contributed by atoms with Crippen molar-refractivity contribution in [2.24, 2.45) is 0 Å². The first-order chi connectivity index (χ1) is 9.45. The largest absolute Gasteiger partial charge is 0.450 e. The van der Waals surface area contributed by atoms with Crippen LogP contribution in [-0.4, -0.2) is 67.2 Å². The lowest BCUT2D eigenvalue weighted by Crippen LogP contribution is -2.48. The average molecular weight is 285 g/mol. The van der Waals surface area contributed by atoms with E-state index >= 15 is 0 Å². The number of ether oxygens (including phenoxy) is 1. The van der Waals surface area contributed by atoms with Crippen LogP contribution in [0.4, 0.5) is 4.79 Å². The van der Waals surface area contributed by atoms with Crippen LogP contribution in [0.25, 0.3) is 0 Å². The Morgan fingerprint density at radius 2 is 1.95 bits per heavy atom. The number of hydrogen-bond donors (Lipinski definition) is 1. The Bertz CT molecular complexity index is 326. The van der Waals surface area contributed by atoms with E-state index in [1.54, 1.807) is 9.80 Å². The molecule has 1 heterocycles. The number of carbonyl (C=O) groups is 2. The molecule has 1 fully saturated rings. The Labute approximate surface area is 121 Å². The van der Waals surface area contributed by atoms with E-state index in [1.165, 1.54) is 0 Å². The number of nitrogens with zero attached hydrogens (tertiary/aromatic N) is 2. The number of rotatable bonds is 5. The molecule has 2 amide bonds. The zero-order valence-electron chi connectivity index (χ0n) is 13.0. The maximum atomic E-state index is 11.9. The van der Waals surface area contributed by atoms with Gasteiger partial charge in [-0.25, -0.2) is 4.79 Å². The first kappa shape index (κ1) is 16.8. The third-order valence-electron chi connectivity index (χ3n) is 3.73. The van der Waals surface area contributed by atoms with Crippen molar-refractivity contribution < 1.29 is 14.3 Å². The summed E-state index contributed by atoms with van der Waals surface area (Å²) in [5, 5.41) is 3.28. The molecular weight excluding hydrogens is 258 g/mol. The van der Waals surface area contributed by atoms with Crippen LogP contribution in [0.2, 0.25) is 0 Å². The number of likely N-dealkylation sites (N-methyl/N-ethyl adjacent to an activating group) is 1. The second-order valence-electron chi connectivity index (χ2n) is 5.44. The zero-order chi connectivity index (χ0) is 15.1. The third kappa shape index (κ3) is 5.00. The molecule has 0 aromatic carbocycles. The maximum Gasteiger partial charge on any atom is 0.409 e. The first-order valence-corrected chi connectivity index (χ1v) is 7.36. The summed E-state index contributed by atoms with van der Waals surface area (Å²) < 4.78 is 4.98. The molecule has 6 heteroatoms. The Kier molecular flexibility index (Phi) is 6.78. The molecule has 0 saturated carbocycles. The molecule has 0 aromatic rings. The molecule has 1 rings (SSSR count). The topological polar surface area (TPSA) is 61.9 Å². The SMILES string of the molecule is CCOC(=O)N1CCC(NCC(=O)N(C)C(C)C)CC1. The molecule has 1 aliphatic rings. The van der Waals surface area contributed by atoms with E-state index < -0.39 is 0 Å². The van der Waals surface area contributed by atoms with Gasteiger partial charge in [-0.2, -0.15) is 0 Å². The fourth-order valence-corrected chi connectivity index (χ4v) is 2.13. The van der Waals surface area contributed by atoms with E-state index in [0.717, 1.165) is 12.8 Å². The molecule has 116 valence electrons. The van der Waals surface area contributed by atoms with E-state index in [1.807, 2.05) is 27.8 Å². The summed E-state index contributed by atoms with van der Waals surface area (Å²) in [5.41, 5.74) is 0. The van der Waals surface area contributed by atoms with Crippen LogP contribution >= 0.6 is 0 Å². The van der Waals surface area contributed by atoms with Gasteiger partial charge in [0.15, 0.2) is 0 Å². The first-order valence-electron chi connectivity index (χ1n) is 7.36. The van der Waals surface area contributed by atoms with E-state index in [0.29, 0.717) is 32.3 Å². The molecule has 0 unspecified atom stereocenters. The number of nitrogens with one attached hydrogen (secondary N) is 1. The predicted molar refractivity (Wildman–Crippen MR) is 77.5 cm³/mol. The highest BCUT2D eigenvalue weighted by Crippen LogP contribution is 2.11. The smallest absolute Gasteiger partial charge is 0.409 e. The summed E-state index contributed by atoms with van der Waals surface area (Å²) >= 11 is 0. The molecule has 1 saturated heterocycles. The summed E-state index contributed by atoms with van der Waals surface area (Å²) in [5.74, 6) is 0.104. The lowest BCUT2D eigenvalue weighted by molar-refractivity contribution is -0.130. The Hall–Kier alpha value is -1.30. The van der Waals surface area contributed by atoms with Crippen molar-refractivity contribution in [3.8, 4) is 0 Å². The number of likely N-dealkylation sites (tertiary alicyclic amines) is 1. The van der Waals surface area contributed by atoms with Gasteiger partial charge in [0.1, 0.15) is 0 Å². The predicted octanol–water partition coefficient (Wildman–Crippen LogP) is 1.06. The van der Waals surface area contributed by atoms with Gasteiger partial charge in [0.05, 0.1) is 13.2 Å². The van der Waals surface area contributed by atoms with Gasteiger partial charge in [-0.15, -0.1) is 0 Å². The summed E-state index contributed by atoms with van der Waals surface area (Å²) in [7, 11) is 1.82. The lowest BCUT2D eigenvalue weighted by Gasteiger charge is -2.32. The van der Waals surface area contributed by atoms with Gasteiger partial charge in [0.2, 0.25) is 5.91 Å². The molecule has 6 nitrogen and oxygen atoms in total. The molecule has 0 aliphatic carbocycles. The van der Waals surface area contributed by atoms with Crippen molar-refractivity contribution in [2.75, 3.05) is 33.3 Å². The molecule has 0 aromatic heterocycles. The van der Waals surface area contributed by atoms with Crippen molar-refractivity contribution in [3.63, 3.8) is 0 Å². The molecule has 0 spiro atoms. The summed E-state index contributed by atoms with van der Waals surface area (Å²) in [6.45, 7) is 7.94. The second-order valence-corrected chi connectivity index (χ2v) is 5.44. The molecule has 20 heavy (non-hydrogen) atoms. The van der Waals surface area contributed by atoms with Gasteiger partial charge in [-0.1, -0.05) is 0 Å². The van der Waals surface area contributed by atoms with Crippen LogP contribution in [0.15, 0.2) is 0 Å². The Morgan fingerprint density at radius 3 is 2.45 bits per heavy atom. The fourth-order valence-electron chi connectivity index (χ4n) is 2.13. The van der Waals surface area contributed by atoms with Crippen LogP contribution in [0.3, 0.4) is 0 Å². The van der Waals surface area contributed by atoms with Crippen molar-refractivity contribution in [1.29, 1.82) is 0 Å². The normalized spacial score (nSPS) is 16.4. The molecule has 0 bridgehead atoms. The Balaban J connectivity index is 2.26.